The summed E-state index contributed by atoms with van der Waals surface area (Å²) >= 11 is 0. The lowest BCUT2D eigenvalue weighted by molar-refractivity contribution is -0.384. The van der Waals surface area contributed by atoms with Crippen molar-refractivity contribution in [2.24, 2.45) is 5.92 Å². The largest absolute Gasteiger partial charge is 0.423 e. The number of fused-ring (bicyclic) bond motifs is 1. The summed E-state index contributed by atoms with van der Waals surface area (Å²) in [7, 11) is 0. The summed E-state index contributed by atoms with van der Waals surface area (Å²) in [4.78, 5) is 14.4. The molecule has 1 heterocycles. The van der Waals surface area contributed by atoms with E-state index in [-0.39, 0.29) is 11.7 Å². The maximum atomic E-state index is 10.7. The Bertz CT molecular complexity index is 649. The number of rotatable bonds is 6. The molecule has 0 aliphatic heterocycles. The van der Waals surface area contributed by atoms with Gasteiger partial charge in [-0.25, -0.2) is 0 Å². The van der Waals surface area contributed by atoms with Crippen LogP contribution in [0.5, 0.6) is 0 Å². The Hall–Kier alpha value is -2.15. The van der Waals surface area contributed by atoms with Gasteiger partial charge in [-0.1, -0.05) is 13.8 Å². The van der Waals surface area contributed by atoms with Gasteiger partial charge >= 0.3 is 0 Å². The second kappa shape index (κ2) is 5.69. The van der Waals surface area contributed by atoms with E-state index in [0.717, 1.165) is 0 Å². The SMILES string of the molecule is CC(C)CC(C)(O)CNc1nc2ccc([N+](=O)[O-])cc2o1. The molecule has 0 aliphatic rings. The average molecular weight is 293 g/mol. The van der Waals surface area contributed by atoms with Gasteiger partial charge in [0.25, 0.3) is 11.7 Å². The Labute approximate surface area is 122 Å². The number of aliphatic hydroxyl groups is 1. The van der Waals surface area contributed by atoms with Crippen molar-refractivity contribution in [3.05, 3.63) is 28.3 Å². The predicted molar refractivity (Wildman–Crippen MR) is 79.2 cm³/mol. The number of nitrogens with zero attached hydrogens (tertiary/aromatic N) is 2. The second-order valence-electron chi connectivity index (χ2n) is 5.88. The number of nitro groups is 1. The van der Waals surface area contributed by atoms with E-state index in [2.05, 4.69) is 10.3 Å². The van der Waals surface area contributed by atoms with E-state index in [9.17, 15) is 15.2 Å². The van der Waals surface area contributed by atoms with Crippen molar-refractivity contribution in [3.63, 3.8) is 0 Å². The summed E-state index contributed by atoms with van der Waals surface area (Å²) in [6, 6.07) is 4.49. The molecule has 1 aromatic heterocycles. The molecule has 114 valence electrons. The van der Waals surface area contributed by atoms with Gasteiger partial charge in [-0.05, 0) is 25.3 Å². The van der Waals surface area contributed by atoms with Gasteiger partial charge in [0.05, 0.1) is 16.6 Å². The maximum absolute atomic E-state index is 10.7. The first-order valence-electron chi connectivity index (χ1n) is 6.78. The van der Waals surface area contributed by atoms with Gasteiger partial charge < -0.3 is 14.8 Å². The molecule has 0 bridgehead atoms. The van der Waals surface area contributed by atoms with E-state index in [1.165, 1.54) is 18.2 Å². The highest BCUT2D eigenvalue weighted by molar-refractivity contribution is 5.77. The van der Waals surface area contributed by atoms with Gasteiger partial charge in [0, 0.05) is 12.6 Å². The minimum Gasteiger partial charge on any atom is -0.423 e. The Morgan fingerprint density at radius 3 is 2.86 bits per heavy atom. The Morgan fingerprint density at radius 2 is 2.24 bits per heavy atom. The van der Waals surface area contributed by atoms with Gasteiger partial charge in [0.2, 0.25) is 0 Å². The lowest BCUT2D eigenvalue weighted by Crippen LogP contribution is -2.34. The molecule has 2 rings (SSSR count). The highest BCUT2D eigenvalue weighted by Crippen LogP contribution is 2.24. The molecular formula is C14H19N3O4. The molecule has 2 aromatic rings. The van der Waals surface area contributed by atoms with Crippen LogP contribution in [-0.2, 0) is 0 Å². The number of nitrogens with one attached hydrogen (secondary N) is 1. The Kier molecular flexibility index (Phi) is 4.13. The molecule has 0 saturated carbocycles. The van der Waals surface area contributed by atoms with Crippen LogP contribution in [0.25, 0.3) is 11.1 Å². The molecule has 0 fully saturated rings. The number of nitro benzene ring substituents is 1. The van der Waals surface area contributed by atoms with Gasteiger partial charge in [0.1, 0.15) is 5.52 Å². The first-order chi connectivity index (χ1) is 9.77. The van der Waals surface area contributed by atoms with Crippen LogP contribution in [0, 0.1) is 16.0 Å². The van der Waals surface area contributed by atoms with Crippen molar-refractivity contribution >= 4 is 22.8 Å². The molecule has 7 heteroatoms. The summed E-state index contributed by atoms with van der Waals surface area (Å²) in [5, 5.41) is 23.9. The van der Waals surface area contributed by atoms with Crippen molar-refractivity contribution in [1.82, 2.24) is 4.98 Å². The molecule has 0 saturated heterocycles. The minimum absolute atomic E-state index is 0.0444. The smallest absolute Gasteiger partial charge is 0.295 e. The molecule has 21 heavy (non-hydrogen) atoms. The summed E-state index contributed by atoms with van der Waals surface area (Å²) in [6.45, 7) is 6.10. The van der Waals surface area contributed by atoms with E-state index < -0.39 is 10.5 Å². The molecule has 7 nitrogen and oxygen atoms in total. The van der Waals surface area contributed by atoms with Gasteiger partial charge in [-0.3, -0.25) is 10.1 Å². The average Bonchev–Trinajstić information content (AvgIpc) is 2.76. The number of hydrogen-bond acceptors (Lipinski definition) is 6. The summed E-state index contributed by atoms with van der Waals surface area (Å²) in [6.07, 6.45) is 0.645. The fourth-order valence-corrected chi connectivity index (χ4v) is 2.32. The van der Waals surface area contributed by atoms with Crippen LogP contribution in [0.4, 0.5) is 11.7 Å². The number of oxazole rings is 1. The van der Waals surface area contributed by atoms with Crippen molar-refractivity contribution < 1.29 is 14.4 Å². The van der Waals surface area contributed by atoms with Crippen molar-refractivity contribution in [2.45, 2.75) is 32.8 Å². The second-order valence-corrected chi connectivity index (χ2v) is 5.88. The highest BCUT2D eigenvalue weighted by Gasteiger charge is 2.22. The summed E-state index contributed by atoms with van der Waals surface area (Å²) in [5.74, 6) is 0.369. The van der Waals surface area contributed by atoms with E-state index in [4.69, 9.17) is 4.42 Å². The molecule has 0 aliphatic carbocycles. The zero-order valence-corrected chi connectivity index (χ0v) is 12.3. The van der Waals surface area contributed by atoms with Crippen LogP contribution in [0.15, 0.2) is 22.6 Å². The lowest BCUT2D eigenvalue weighted by Gasteiger charge is -2.25. The quantitative estimate of drug-likeness (QED) is 0.627. The van der Waals surface area contributed by atoms with Crippen LogP contribution in [-0.4, -0.2) is 27.2 Å². The van der Waals surface area contributed by atoms with E-state index in [1.807, 2.05) is 13.8 Å². The fourth-order valence-electron chi connectivity index (χ4n) is 2.32. The zero-order valence-electron chi connectivity index (χ0n) is 12.3. The Morgan fingerprint density at radius 1 is 1.52 bits per heavy atom. The molecular weight excluding hydrogens is 274 g/mol. The molecule has 1 atom stereocenters. The third-order valence-corrected chi connectivity index (χ3v) is 3.05. The van der Waals surface area contributed by atoms with Gasteiger partial charge in [0.15, 0.2) is 5.58 Å². The zero-order chi connectivity index (χ0) is 15.6. The molecule has 2 N–H and O–H groups in total. The minimum atomic E-state index is -0.874. The summed E-state index contributed by atoms with van der Waals surface area (Å²) in [5.41, 5.74) is -0.0420. The number of benzene rings is 1. The molecule has 1 unspecified atom stereocenters. The molecule has 0 amide bonds. The van der Waals surface area contributed by atoms with E-state index >= 15 is 0 Å². The maximum Gasteiger partial charge on any atom is 0.295 e. The summed E-state index contributed by atoms with van der Waals surface area (Å²) < 4.78 is 5.42. The lowest BCUT2D eigenvalue weighted by atomic mass is 9.94. The van der Waals surface area contributed by atoms with E-state index in [0.29, 0.717) is 30.0 Å². The third kappa shape index (κ3) is 3.91. The molecule has 0 radical (unpaired) electrons. The van der Waals surface area contributed by atoms with E-state index in [1.54, 1.807) is 6.92 Å². The van der Waals surface area contributed by atoms with Crippen molar-refractivity contribution in [1.29, 1.82) is 0 Å². The Balaban J connectivity index is 2.11. The monoisotopic (exact) mass is 293 g/mol. The molecule has 1 aromatic carbocycles. The molecule has 0 spiro atoms. The van der Waals surface area contributed by atoms with Crippen molar-refractivity contribution in [2.75, 3.05) is 11.9 Å². The number of anilines is 1. The van der Waals surface area contributed by atoms with Crippen LogP contribution < -0.4 is 5.32 Å². The standard InChI is InChI=1S/C14H19N3O4/c1-9(2)7-14(3,18)8-15-13-16-11-5-4-10(17(19)20)6-12(11)21-13/h4-6,9,18H,7-8H2,1-3H3,(H,15,16). The van der Waals surface area contributed by atoms with Crippen LogP contribution in [0.2, 0.25) is 0 Å². The highest BCUT2D eigenvalue weighted by atomic mass is 16.6. The van der Waals surface area contributed by atoms with Crippen LogP contribution in [0.3, 0.4) is 0 Å². The van der Waals surface area contributed by atoms with Crippen LogP contribution >= 0.6 is 0 Å². The number of aromatic nitrogens is 1. The third-order valence-electron chi connectivity index (χ3n) is 3.05. The normalized spacial score (nSPS) is 14.3. The fraction of sp³-hybridized carbons (Fsp3) is 0.500. The van der Waals surface area contributed by atoms with Gasteiger partial charge in [-0.15, -0.1) is 0 Å². The number of hydrogen-bond donors (Lipinski definition) is 2. The first kappa shape index (κ1) is 15.2. The topological polar surface area (TPSA) is 101 Å². The number of non-ortho nitro benzene ring substituents is 1. The first-order valence-corrected chi connectivity index (χ1v) is 6.78. The van der Waals surface area contributed by atoms with Gasteiger partial charge in [-0.2, -0.15) is 4.98 Å². The van der Waals surface area contributed by atoms with Crippen molar-refractivity contribution in [3.8, 4) is 0 Å². The predicted octanol–water partition coefficient (Wildman–Crippen LogP) is 2.95. The van der Waals surface area contributed by atoms with Crippen LogP contribution in [0.1, 0.15) is 27.2 Å².